The molecular formula is C23H20FN3O2. The van der Waals surface area contributed by atoms with Crippen LogP contribution in [0.5, 0.6) is 0 Å². The zero-order valence-corrected chi connectivity index (χ0v) is 15.7. The van der Waals surface area contributed by atoms with Crippen LogP contribution < -0.4 is 5.32 Å². The van der Waals surface area contributed by atoms with Crippen LogP contribution in [0, 0.1) is 5.82 Å². The van der Waals surface area contributed by atoms with Crippen molar-refractivity contribution < 1.29 is 14.0 Å². The number of benzene rings is 2. The van der Waals surface area contributed by atoms with Gasteiger partial charge in [-0.3, -0.25) is 14.6 Å². The number of rotatable bonds is 6. The molecule has 1 unspecified atom stereocenters. The largest absolute Gasteiger partial charge is 0.350 e. The Balaban J connectivity index is 1.53. The average molecular weight is 389 g/mol. The second-order valence-electron chi connectivity index (χ2n) is 6.94. The third-order valence-electron chi connectivity index (χ3n) is 5.08. The topological polar surface area (TPSA) is 62.3 Å². The van der Waals surface area contributed by atoms with Gasteiger partial charge in [-0.25, -0.2) is 4.39 Å². The molecule has 0 saturated heterocycles. The van der Waals surface area contributed by atoms with Crippen LogP contribution in [0.1, 0.15) is 33.1 Å². The molecule has 2 heterocycles. The lowest BCUT2D eigenvalue weighted by Gasteiger charge is -2.24. The molecule has 1 aromatic heterocycles. The molecule has 3 aromatic rings. The van der Waals surface area contributed by atoms with E-state index in [4.69, 9.17) is 0 Å². The molecular weight excluding hydrogens is 369 g/mol. The van der Waals surface area contributed by atoms with E-state index < -0.39 is 6.04 Å². The normalized spacial score (nSPS) is 15.3. The number of nitrogens with zero attached hydrogens (tertiary/aromatic N) is 2. The van der Waals surface area contributed by atoms with Gasteiger partial charge in [0, 0.05) is 31.0 Å². The first-order chi connectivity index (χ1) is 14.1. The molecule has 0 aliphatic carbocycles. The van der Waals surface area contributed by atoms with E-state index in [9.17, 15) is 14.0 Å². The Labute approximate surface area is 168 Å². The number of aromatic nitrogens is 1. The molecule has 0 bridgehead atoms. The van der Waals surface area contributed by atoms with Gasteiger partial charge in [0.05, 0.1) is 0 Å². The number of amides is 2. The van der Waals surface area contributed by atoms with Gasteiger partial charge in [-0.15, -0.1) is 0 Å². The summed E-state index contributed by atoms with van der Waals surface area (Å²) in [6.07, 6.45) is 3.88. The van der Waals surface area contributed by atoms with Crippen LogP contribution in [0.25, 0.3) is 0 Å². The highest BCUT2D eigenvalue weighted by molar-refractivity contribution is 6.04. The second-order valence-corrected chi connectivity index (χ2v) is 6.94. The molecule has 0 saturated carbocycles. The molecule has 6 heteroatoms. The van der Waals surface area contributed by atoms with E-state index in [1.807, 2.05) is 24.3 Å². The van der Waals surface area contributed by atoms with Crippen molar-refractivity contribution >= 4 is 11.8 Å². The van der Waals surface area contributed by atoms with Gasteiger partial charge in [0.2, 0.25) is 5.91 Å². The minimum absolute atomic E-state index is 0.160. The summed E-state index contributed by atoms with van der Waals surface area (Å²) in [5.41, 5.74) is 3.11. The van der Waals surface area contributed by atoms with E-state index in [0.29, 0.717) is 30.6 Å². The third kappa shape index (κ3) is 4.01. The first-order valence-corrected chi connectivity index (χ1v) is 9.44. The first kappa shape index (κ1) is 18.8. The second kappa shape index (κ2) is 8.22. The van der Waals surface area contributed by atoms with Crippen LogP contribution in [0.4, 0.5) is 4.39 Å². The van der Waals surface area contributed by atoms with Crippen molar-refractivity contribution in [3.05, 3.63) is 101 Å². The van der Waals surface area contributed by atoms with Gasteiger partial charge in [0.15, 0.2) is 0 Å². The maximum atomic E-state index is 13.1. The summed E-state index contributed by atoms with van der Waals surface area (Å²) in [6, 6.07) is 16.4. The molecule has 29 heavy (non-hydrogen) atoms. The van der Waals surface area contributed by atoms with E-state index in [1.54, 1.807) is 41.6 Å². The van der Waals surface area contributed by atoms with Gasteiger partial charge in [-0.2, -0.15) is 0 Å². The fraction of sp³-hybridized carbons (Fsp3) is 0.174. The van der Waals surface area contributed by atoms with Crippen LogP contribution in [0.15, 0.2) is 73.1 Å². The number of nitrogens with one attached hydrogen (secondary N) is 1. The summed E-state index contributed by atoms with van der Waals surface area (Å²) in [4.78, 5) is 31.5. The summed E-state index contributed by atoms with van der Waals surface area (Å²) in [7, 11) is 0. The molecule has 146 valence electrons. The summed E-state index contributed by atoms with van der Waals surface area (Å²) >= 11 is 0. The molecule has 2 aromatic carbocycles. The Hall–Kier alpha value is -3.54. The van der Waals surface area contributed by atoms with Gasteiger partial charge in [0.25, 0.3) is 5.91 Å². The van der Waals surface area contributed by atoms with Crippen LogP contribution in [0.2, 0.25) is 0 Å². The highest BCUT2D eigenvalue weighted by Crippen LogP contribution is 2.33. The summed E-state index contributed by atoms with van der Waals surface area (Å²) in [5.74, 6) is -0.683. The van der Waals surface area contributed by atoms with Crippen molar-refractivity contribution in [1.82, 2.24) is 15.2 Å². The highest BCUT2D eigenvalue weighted by Gasteiger charge is 2.40. The van der Waals surface area contributed by atoms with Crippen molar-refractivity contribution in [3.8, 4) is 0 Å². The number of pyridine rings is 1. The smallest absolute Gasteiger partial charge is 0.255 e. The molecule has 1 N–H and O–H groups in total. The zero-order valence-electron chi connectivity index (χ0n) is 15.7. The minimum Gasteiger partial charge on any atom is -0.350 e. The van der Waals surface area contributed by atoms with Gasteiger partial charge in [-0.05, 0) is 53.4 Å². The van der Waals surface area contributed by atoms with Crippen LogP contribution in [-0.4, -0.2) is 28.2 Å². The van der Waals surface area contributed by atoms with Crippen LogP contribution >= 0.6 is 0 Å². The quantitative estimate of drug-likeness (QED) is 0.704. The Morgan fingerprint density at radius 1 is 1.00 bits per heavy atom. The number of hydrogen-bond acceptors (Lipinski definition) is 3. The van der Waals surface area contributed by atoms with E-state index in [1.165, 1.54) is 12.1 Å². The SMILES string of the molecule is O=C(NCc1ccncc1)C1c2ccccc2C(=O)N1CCc1ccc(F)cc1. The number of hydrogen-bond donors (Lipinski definition) is 1. The lowest BCUT2D eigenvalue weighted by Crippen LogP contribution is -2.39. The Kier molecular flexibility index (Phi) is 5.33. The summed E-state index contributed by atoms with van der Waals surface area (Å²) in [5, 5.41) is 2.93. The molecule has 5 nitrogen and oxygen atoms in total. The average Bonchev–Trinajstić information content (AvgIpc) is 3.04. The Morgan fingerprint density at radius 3 is 2.48 bits per heavy atom. The maximum Gasteiger partial charge on any atom is 0.255 e. The van der Waals surface area contributed by atoms with Crippen molar-refractivity contribution in [1.29, 1.82) is 0 Å². The molecule has 1 aliphatic rings. The predicted octanol–water partition coefficient (Wildman–Crippen LogP) is 3.28. The van der Waals surface area contributed by atoms with Crippen LogP contribution in [0.3, 0.4) is 0 Å². The maximum absolute atomic E-state index is 13.1. The summed E-state index contributed by atoms with van der Waals surface area (Å²) < 4.78 is 13.1. The minimum atomic E-state index is -0.680. The number of fused-ring (bicyclic) bond motifs is 1. The lowest BCUT2D eigenvalue weighted by atomic mass is 10.0. The highest BCUT2D eigenvalue weighted by atomic mass is 19.1. The Morgan fingerprint density at radius 2 is 1.72 bits per heavy atom. The van der Waals surface area contributed by atoms with E-state index >= 15 is 0 Å². The standard InChI is InChI=1S/C23H20FN3O2/c24-18-7-5-16(6-8-18)11-14-27-21(19-3-1-2-4-20(19)23(27)29)22(28)26-15-17-9-12-25-13-10-17/h1-10,12-13,21H,11,14-15H2,(H,26,28). The van der Waals surface area contributed by atoms with Crippen molar-refractivity contribution in [2.45, 2.75) is 19.0 Å². The van der Waals surface area contributed by atoms with Gasteiger partial charge in [-0.1, -0.05) is 30.3 Å². The molecule has 0 fully saturated rings. The van der Waals surface area contributed by atoms with E-state index in [-0.39, 0.29) is 17.6 Å². The van der Waals surface area contributed by atoms with Crippen molar-refractivity contribution in [3.63, 3.8) is 0 Å². The predicted molar refractivity (Wildman–Crippen MR) is 106 cm³/mol. The molecule has 2 amide bonds. The molecule has 0 spiro atoms. The van der Waals surface area contributed by atoms with Gasteiger partial charge in [0.1, 0.15) is 11.9 Å². The molecule has 1 atom stereocenters. The number of halogens is 1. The van der Waals surface area contributed by atoms with Crippen molar-refractivity contribution in [2.75, 3.05) is 6.54 Å². The van der Waals surface area contributed by atoms with Crippen LogP contribution in [-0.2, 0) is 17.8 Å². The molecule has 4 rings (SSSR count). The Bertz CT molecular complexity index is 1020. The molecule has 1 aliphatic heterocycles. The van der Waals surface area contributed by atoms with E-state index in [2.05, 4.69) is 10.3 Å². The third-order valence-corrected chi connectivity index (χ3v) is 5.08. The number of carbonyl (C=O) groups is 2. The zero-order chi connectivity index (χ0) is 20.2. The summed E-state index contributed by atoms with van der Waals surface area (Å²) in [6.45, 7) is 0.729. The van der Waals surface area contributed by atoms with Gasteiger partial charge >= 0.3 is 0 Å². The van der Waals surface area contributed by atoms with Gasteiger partial charge < -0.3 is 10.2 Å². The van der Waals surface area contributed by atoms with E-state index in [0.717, 1.165) is 11.1 Å². The monoisotopic (exact) mass is 389 g/mol. The number of carbonyl (C=O) groups excluding carboxylic acids is 2. The van der Waals surface area contributed by atoms with Crippen molar-refractivity contribution in [2.24, 2.45) is 0 Å². The first-order valence-electron chi connectivity index (χ1n) is 9.44. The fourth-order valence-corrected chi connectivity index (χ4v) is 3.57. The lowest BCUT2D eigenvalue weighted by molar-refractivity contribution is -0.125. The molecule has 0 radical (unpaired) electrons. The fourth-order valence-electron chi connectivity index (χ4n) is 3.57.